The summed E-state index contributed by atoms with van der Waals surface area (Å²) in [5.41, 5.74) is 3.39. The zero-order valence-corrected chi connectivity index (χ0v) is 11.8. The van der Waals surface area contributed by atoms with Crippen molar-refractivity contribution in [1.82, 2.24) is 9.55 Å². The standard InChI is InChI=1S/C15H17N3O2/c1-4-20-14(19)13-9(2)16-15-17-11-7-5-6-8-12(11)18(15)10(13)3/h5-8,10H,4H2,1-3H3,(H,16,17). The fraction of sp³-hybridized carbons (Fsp3) is 0.333. The van der Waals surface area contributed by atoms with Crippen molar-refractivity contribution in [2.45, 2.75) is 26.8 Å². The summed E-state index contributed by atoms with van der Waals surface area (Å²) in [6.45, 7) is 6.06. The molecule has 0 saturated carbocycles. The van der Waals surface area contributed by atoms with Crippen LogP contribution in [0.15, 0.2) is 35.5 Å². The molecule has 5 nitrogen and oxygen atoms in total. The monoisotopic (exact) mass is 271 g/mol. The summed E-state index contributed by atoms with van der Waals surface area (Å²) < 4.78 is 7.19. The van der Waals surface area contributed by atoms with Gasteiger partial charge in [-0.15, -0.1) is 0 Å². The number of hydrogen-bond acceptors (Lipinski definition) is 4. The molecule has 0 radical (unpaired) electrons. The first-order valence-electron chi connectivity index (χ1n) is 6.75. The van der Waals surface area contributed by atoms with Gasteiger partial charge >= 0.3 is 5.97 Å². The van der Waals surface area contributed by atoms with E-state index in [9.17, 15) is 4.79 Å². The van der Waals surface area contributed by atoms with E-state index >= 15 is 0 Å². The van der Waals surface area contributed by atoms with Gasteiger partial charge < -0.3 is 14.6 Å². The summed E-state index contributed by atoms with van der Waals surface area (Å²) in [6.07, 6.45) is 0. The smallest absolute Gasteiger partial charge is 0.337 e. The van der Waals surface area contributed by atoms with Gasteiger partial charge in [0.05, 0.1) is 29.3 Å². The Hall–Kier alpha value is -2.30. The molecule has 1 atom stereocenters. The molecule has 0 fully saturated rings. The van der Waals surface area contributed by atoms with Crippen LogP contribution in [-0.2, 0) is 9.53 Å². The van der Waals surface area contributed by atoms with Gasteiger partial charge in [0.25, 0.3) is 0 Å². The summed E-state index contributed by atoms with van der Waals surface area (Å²) in [7, 11) is 0. The lowest BCUT2D eigenvalue weighted by atomic mass is 10.0. The number of benzene rings is 1. The molecule has 1 aromatic carbocycles. The molecule has 1 unspecified atom stereocenters. The predicted molar refractivity (Wildman–Crippen MR) is 77.4 cm³/mol. The maximum absolute atomic E-state index is 12.1. The van der Waals surface area contributed by atoms with E-state index in [1.54, 1.807) is 0 Å². The number of fused-ring (bicyclic) bond motifs is 3. The van der Waals surface area contributed by atoms with Crippen LogP contribution in [0.2, 0.25) is 0 Å². The van der Waals surface area contributed by atoms with Gasteiger partial charge in [0, 0.05) is 5.70 Å². The van der Waals surface area contributed by atoms with E-state index < -0.39 is 0 Å². The van der Waals surface area contributed by atoms with Crippen LogP contribution in [0.25, 0.3) is 11.0 Å². The summed E-state index contributed by atoms with van der Waals surface area (Å²) in [6, 6.07) is 7.80. The third-order valence-electron chi connectivity index (χ3n) is 3.60. The minimum Gasteiger partial charge on any atom is -0.463 e. The van der Waals surface area contributed by atoms with E-state index in [4.69, 9.17) is 4.74 Å². The van der Waals surface area contributed by atoms with E-state index in [2.05, 4.69) is 10.3 Å². The third-order valence-corrected chi connectivity index (χ3v) is 3.60. The van der Waals surface area contributed by atoms with Gasteiger partial charge in [-0.25, -0.2) is 9.78 Å². The van der Waals surface area contributed by atoms with Crippen LogP contribution in [-0.4, -0.2) is 22.1 Å². The highest BCUT2D eigenvalue weighted by Gasteiger charge is 2.30. The Balaban J connectivity index is 2.12. The first kappa shape index (κ1) is 12.7. The number of anilines is 1. The molecular formula is C15H17N3O2. The Morgan fingerprint density at radius 3 is 2.95 bits per heavy atom. The van der Waals surface area contributed by atoms with E-state index in [1.165, 1.54) is 0 Å². The van der Waals surface area contributed by atoms with Gasteiger partial charge in [-0.05, 0) is 32.9 Å². The van der Waals surface area contributed by atoms with E-state index in [0.29, 0.717) is 12.2 Å². The van der Waals surface area contributed by atoms with E-state index in [-0.39, 0.29) is 12.0 Å². The topological polar surface area (TPSA) is 56.1 Å². The molecule has 1 N–H and O–H groups in total. The van der Waals surface area contributed by atoms with Gasteiger partial charge in [-0.3, -0.25) is 0 Å². The van der Waals surface area contributed by atoms with Crippen molar-refractivity contribution in [3.05, 3.63) is 35.5 Å². The van der Waals surface area contributed by atoms with E-state index in [0.717, 1.165) is 22.7 Å². The van der Waals surface area contributed by atoms with Crippen molar-refractivity contribution in [2.75, 3.05) is 11.9 Å². The molecule has 5 heteroatoms. The average molecular weight is 271 g/mol. The molecule has 2 heterocycles. The number of para-hydroxylation sites is 2. The van der Waals surface area contributed by atoms with Gasteiger partial charge in [-0.2, -0.15) is 0 Å². The number of nitrogens with one attached hydrogen (secondary N) is 1. The lowest BCUT2D eigenvalue weighted by molar-refractivity contribution is -0.139. The van der Waals surface area contributed by atoms with Gasteiger partial charge in [-0.1, -0.05) is 12.1 Å². The highest BCUT2D eigenvalue weighted by Crippen LogP contribution is 2.34. The molecule has 1 aliphatic heterocycles. The van der Waals surface area contributed by atoms with Crippen molar-refractivity contribution in [2.24, 2.45) is 0 Å². The number of nitrogens with zero attached hydrogens (tertiary/aromatic N) is 2. The summed E-state index contributed by atoms with van der Waals surface area (Å²) in [5.74, 6) is 0.498. The highest BCUT2D eigenvalue weighted by molar-refractivity contribution is 5.93. The minimum atomic E-state index is -0.270. The van der Waals surface area contributed by atoms with Crippen LogP contribution in [0.4, 0.5) is 5.95 Å². The zero-order valence-electron chi connectivity index (χ0n) is 11.8. The maximum Gasteiger partial charge on any atom is 0.337 e. The molecule has 1 aliphatic rings. The number of allylic oxidation sites excluding steroid dienone is 1. The fourth-order valence-corrected chi connectivity index (χ4v) is 2.73. The second-order valence-corrected chi connectivity index (χ2v) is 4.85. The summed E-state index contributed by atoms with van der Waals surface area (Å²) in [4.78, 5) is 16.7. The highest BCUT2D eigenvalue weighted by atomic mass is 16.5. The molecule has 0 amide bonds. The molecule has 1 aromatic heterocycles. The second kappa shape index (κ2) is 4.67. The lowest BCUT2D eigenvalue weighted by Crippen LogP contribution is -2.26. The number of esters is 1. The first-order chi connectivity index (χ1) is 9.63. The second-order valence-electron chi connectivity index (χ2n) is 4.85. The SMILES string of the molecule is CCOC(=O)C1=C(C)Nc2nc3ccccc3n2C1C. The van der Waals surface area contributed by atoms with Crippen LogP contribution in [0.1, 0.15) is 26.8 Å². The average Bonchev–Trinajstić information content (AvgIpc) is 2.76. The molecule has 104 valence electrons. The number of imidazole rings is 1. The fourth-order valence-electron chi connectivity index (χ4n) is 2.73. The van der Waals surface area contributed by atoms with Crippen molar-refractivity contribution < 1.29 is 9.53 Å². The van der Waals surface area contributed by atoms with Crippen molar-refractivity contribution in [3.63, 3.8) is 0 Å². The number of carbonyl (C=O) groups is 1. The van der Waals surface area contributed by atoms with Crippen molar-refractivity contribution in [3.8, 4) is 0 Å². The Labute approximate surface area is 117 Å². The Kier molecular flexibility index (Phi) is 2.97. The number of carbonyl (C=O) groups excluding carboxylic acids is 1. The summed E-state index contributed by atoms with van der Waals surface area (Å²) >= 11 is 0. The summed E-state index contributed by atoms with van der Waals surface area (Å²) in [5, 5.41) is 3.20. The first-order valence-corrected chi connectivity index (χ1v) is 6.75. The third kappa shape index (κ3) is 1.78. The molecule has 0 spiro atoms. The van der Waals surface area contributed by atoms with Crippen LogP contribution in [0.5, 0.6) is 0 Å². The molecule has 20 heavy (non-hydrogen) atoms. The van der Waals surface area contributed by atoms with Crippen LogP contribution in [0, 0.1) is 0 Å². The van der Waals surface area contributed by atoms with Gasteiger partial charge in [0.2, 0.25) is 5.95 Å². The number of ether oxygens (including phenoxy) is 1. The Morgan fingerprint density at radius 2 is 2.20 bits per heavy atom. The van der Waals surface area contributed by atoms with Crippen molar-refractivity contribution >= 4 is 23.0 Å². The number of aromatic nitrogens is 2. The molecule has 0 aliphatic carbocycles. The largest absolute Gasteiger partial charge is 0.463 e. The zero-order chi connectivity index (χ0) is 14.3. The van der Waals surface area contributed by atoms with Crippen LogP contribution in [0.3, 0.4) is 0 Å². The Morgan fingerprint density at radius 1 is 1.45 bits per heavy atom. The molecular weight excluding hydrogens is 254 g/mol. The Bertz CT molecular complexity index is 715. The van der Waals surface area contributed by atoms with E-state index in [1.807, 2.05) is 49.6 Å². The van der Waals surface area contributed by atoms with Crippen molar-refractivity contribution in [1.29, 1.82) is 0 Å². The number of hydrogen-bond donors (Lipinski definition) is 1. The van der Waals surface area contributed by atoms with Gasteiger partial charge in [0.15, 0.2) is 0 Å². The molecule has 3 rings (SSSR count). The van der Waals surface area contributed by atoms with Crippen LogP contribution < -0.4 is 5.32 Å². The lowest BCUT2D eigenvalue weighted by Gasteiger charge is -2.27. The minimum absolute atomic E-state index is 0.0994. The normalized spacial score (nSPS) is 17.9. The quantitative estimate of drug-likeness (QED) is 0.853. The number of rotatable bonds is 2. The molecule has 0 saturated heterocycles. The van der Waals surface area contributed by atoms with Crippen LogP contribution >= 0.6 is 0 Å². The molecule has 2 aromatic rings. The van der Waals surface area contributed by atoms with Gasteiger partial charge in [0.1, 0.15) is 0 Å². The predicted octanol–water partition coefficient (Wildman–Crippen LogP) is 2.86. The molecule has 0 bridgehead atoms. The maximum atomic E-state index is 12.1.